The van der Waals surface area contributed by atoms with E-state index >= 15 is 0 Å². The Morgan fingerprint density at radius 3 is 2.27 bits per heavy atom. The van der Waals surface area contributed by atoms with Gasteiger partial charge < -0.3 is 10.8 Å². The van der Waals surface area contributed by atoms with Gasteiger partial charge in [0.15, 0.2) is 0 Å². The predicted molar refractivity (Wildman–Crippen MR) is 62.6 cm³/mol. The zero-order valence-corrected chi connectivity index (χ0v) is 9.75. The van der Waals surface area contributed by atoms with Gasteiger partial charge in [0.25, 0.3) is 0 Å². The van der Waals surface area contributed by atoms with E-state index in [2.05, 4.69) is 0 Å². The molecule has 2 aliphatic carbocycles. The van der Waals surface area contributed by atoms with Crippen LogP contribution >= 0.6 is 0 Å². The van der Waals surface area contributed by atoms with Crippen LogP contribution in [-0.4, -0.2) is 16.7 Å². The van der Waals surface area contributed by atoms with Crippen molar-refractivity contribution in [1.29, 1.82) is 0 Å². The van der Waals surface area contributed by atoms with Crippen LogP contribution in [0.1, 0.15) is 64.2 Å². The minimum Gasteiger partial charge on any atom is -0.393 e. The smallest absolute Gasteiger partial charge is 0.0541 e. The first-order valence-corrected chi connectivity index (χ1v) is 6.65. The van der Waals surface area contributed by atoms with Gasteiger partial charge >= 0.3 is 0 Å². The second-order valence-electron chi connectivity index (χ2n) is 5.78. The first-order chi connectivity index (χ1) is 7.18. The number of aliphatic hydroxyl groups excluding tert-OH is 1. The van der Waals surface area contributed by atoms with Crippen molar-refractivity contribution in [2.45, 2.75) is 75.9 Å². The lowest BCUT2D eigenvalue weighted by molar-refractivity contribution is 0.0920. The van der Waals surface area contributed by atoms with Crippen LogP contribution in [0.15, 0.2) is 0 Å². The minimum atomic E-state index is -0.0758. The van der Waals surface area contributed by atoms with Gasteiger partial charge in [-0.2, -0.15) is 0 Å². The second kappa shape index (κ2) is 4.84. The molecule has 0 aromatic heterocycles. The van der Waals surface area contributed by atoms with Crippen molar-refractivity contribution in [3.8, 4) is 0 Å². The highest BCUT2D eigenvalue weighted by molar-refractivity contribution is 4.90. The van der Waals surface area contributed by atoms with Crippen molar-refractivity contribution in [3.63, 3.8) is 0 Å². The fraction of sp³-hybridized carbons (Fsp3) is 1.00. The van der Waals surface area contributed by atoms with Crippen molar-refractivity contribution < 1.29 is 5.11 Å². The highest BCUT2D eigenvalue weighted by Gasteiger charge is 2.31. The maximum atomic E-state index is 9.47. The first kappa shape index (κ1) is 11.4. The van der Waals surface area contributed by atoms with E-state index in [9.17, 15) is 5.11 Å². The highest BCUT2D eigenvalue weighted by atomic mass is 16.3. The molecular formula is C13H25NO. The molecular weight excluding hydrogens is 186 g/mol. The summed E-state index contributed by atoms with van der Waals surface area (Å²) in [4.78, 5) is 0. The molecule has 2 saturated carbocycles. The van der Waals surface area contributed by atoms with E-state index in [1.165, 1.54) is 38.5 Å². The molecule has 0 amide bonds. The van der Waals surface area contributed by atoms with Gasteiger partial charge in [0.2, 0.25) is 0 Å². The SMILES string of the molecule is NC1(CCC2CCCC2)CCC(O)CC1. The van der Waals surface area contributed by atoms with Gasteiger partial charge in [-0.1, -0.05) is 25.7 Å². The lowest BCUT2D eigenvalue weighted by atomic mass is 9.77. The molecule has 0 spiro atoms. The van der Waals surface area contributed by atoms with Crippen LogP contribution in [0, 0.1) is 5.92 Å². The van der Waals surface area contributed by atoms with Crippen LogP contribution in [0.5, 0.6) is 0 Å². The predicted octanol–water partition coefficient (Wildman–Crippen LogP) is 2.59. The largest absolute Gasteiger partial charge is 0.393 e. The van der Waals surface area contributed by atoms with Gasteiger partial charge in [0.05, 0.1) is 6.10 Å². The molecule has 0 atom stereocenters. The Kier molecular flexibility index (Phi) is 3.68. The molecule has 0 aliphatic heterocycles. The Labute approximate surface area is 93.2 Å². The molecule has 0 saturated heterocycles. The minimum absolute atomic E-state index is 0.0574. The Morgan fingerprint density at radius 2 is 1.67 bits per heavy atom. The molecule has 2 aliphatic rings. The standard InChI is InChI=1S/C13H25NO/c14-13(9-6-12(15)7-10-13)8-5-11-3-1-2-4-11/h11-12,15H,1-10,14H2. The Balaban J connectivity index is 1.72. The second-order valence-corrected chi connectivity index (χ2v) is 5.78. The van der Waals surface area contributed by atoms with E-state index in [-0.39, 0.29) is 11.6 Å². The molecule has 2 fully saturated rings. The lowest BCUT2D eigenvalue weighted by Gasteiger charge is -2.36. The average Bonchev–Trinajstić information content (AvgIpc) is 2.73. The summed E-state index contributed by atoms with van der Waals surface area (Å²) in [5.74, 6) is 0.956. The molecule has 0 radical (unpaired) electrons. The highest BCUT2D eigenvalue weighted by Crippen LogP contribution is 2.35. The summed E-state index contributed by atoms with van der Waals surface area (Å²) in [5.41, 5.74) is 6.45. The molecule has 0 aromatic rings. The van der Waals surface area contributed by atoms with E-state index in [1.807, 2.05) is 0 Å². The Hall–Kier alpha value is -0.0800. The fourth-order valence-corrected chi connectivity index (χ4v) is 3.22. The number of hydrogen-bond donors (Lipinski definition) is 2. The van der Waals surface area contributed by atoms with Gasteiger partial charge in [0, 0.05) is 5.54 Å². The van der Waals surface area contributed by atoms with E-state index in [4.69, 9.17) is 5.73 Å². The summed E-state index contributed by atoms with van der Waals surface area (Å²) in [7, 11) is 0. The van der Waals surface area contributed by atoms with Gasteiger partial charge in [-0.3, -0.25) is 0 Å². The quantitative estimate of drug-likeness (QED) is 0.753. The third-order valence-electron chi connectivity index (χ3n) is 4.48. The molecule has 88 valence electrons. The first-order valence-electron chi connectivity index (χ1n) is 6.65. The maximum Gasteiger partial charge on any atom is 0.0541 e. The summed E-state index contributed by atoms with van der Waals surface area (Å²) in [6.07, 6.45) is 12.0. The van der Waals surface area contributed by atoms with Gasteiger partial charge in [0.1, 0.15) is 0 Å². The van der Waals surface area contributed by atoms with Crippen molar-refractivity contribution >= 4 is 0 Å². The van der Waals surface area contributed by atoms with Crippen LogP contribution in [0.4, 0.5) is 0 Å². The van der Waals surface area contributed by atoms with Crippen molar-refractivity contribution in [1.82, 2.24) is 0 Å². The summed E-state index contributed by atoms with van der Waals surface area (Å²) < 4.78 is 0. The zero-order chi connectivity index (χ0) is 10.7. The normalized spacial score (nSPS) is 38.4. The third kappa shape index (κ3) is 3.18. The molecule has 15 heavy (non-hydrogen) atoms. The van der Waals surface area contributed by atoms with Crippen molar-refractivity contribution in [2.75, 3.05) is 0 Å². The molecule has 0 aromatic carbocycles. The van der Waals surface area contributed by atoms with Gasteiger partial charge in [-0.25, -0.2) is 0 Å². The summed E-state index contributed by atoms with van der Waals surface area (Å²) in [5, 5.41) is 9.47. The zero-order valence-electron chi connectivity index (χ0n) is 9.75. The van der Waals surface area contributed by atoms with E-state index < -0.39 is 0 Å². The number of aliphatic hydroxyl groups is 1. The molecule has 0 unspecified atom stereocenters. The van der Waals surface area contributed by atoms with Crippen LogP contribution in [0.2, 0.25) is 0 Å². The topological polar surface area (TPSA) is 46.2 Å². The molecule has 0 bridgehead atoms. The van der Waals surface area contributed by atoms with E-state index in [1.54, 1.807) is 0 Å². The summed E-state index contributed by atoms with van der Waals surface area (Å²) >= 11 is 0. The summed E-state index contributed by atoms with van der Waals surface area (Å²) in [6.45, 7) is 0. The van der Waals surface area contributed by atoms with Crippen LogP contribution in [0.25, 0.3) is 0 Å². The van der Waals surface area contributed by atoms with Gasteiger partial charge in [-0.05, 0) is 44.4 Å². The Morgan fingerprint density at radius 1 is 1.07 bits per heavy atom. The fourth-order valence-electron chi connectivity index (χ4n) is 3.22. The van der Waals surface area contributed by atoms with Crippen LogP contribution in [0.3, 0.4) is 0 Å². The summed E-state index contributed by atoms with van der Waals surface area (Å²) in [6, 6.07) is 0. The van der Waals surface area contributed by atoms with E-state index in [0.717, 1.165) is 31.6 Å². The van der Waals surface area contributed by atoms with Crippen molar-refractivity contribution in [2.24, 2.45) is 11.7 Å². The maximum absolute atomic E-state index is 9.47. The molecule has 0 heterocycles. The lowest BCUT2D eigenvalue weighted by Crippen LogP contribution is -2.44. The van der Waals surface area contributed by atoms with Gasteiger partial charge in [-0.15, -0.1) is 0 Å². The average molecular weight is 211 g/mol. The van der Waals surface area contributed by atoms with E-state index in [0.29, 0.717) is 0 Å². The monoisotopic (exact) mass is 211 g/mol. The number of rotatable bonds is 3. The number of nitrogens with two attached hydrogens (primary N) is 1. The van der Waals surface area contributed by atoms with Crippen LogP contribution in [-0.2, 0) is 0 Å². The third-order valence-corrected chi connectivity index (χ3v) is 4.48. The molecule has 2 rings (SSSR count). The Bertz CT molecular complexity index is 191. The molecule has 2 heteroatoms. The molecule has 3 N–H and O–H groups in total. The van der Waals surface area contributed by atoms with Crippen molar-refractivity contribution in [3.05, 3.63) is 0 Å². The molecule has 2 nitrogen and oxygen atoms in total. The number of hydrogen-bond acceptors (Lipinski definition) is 2. The van der Waals surface area contributed by atoms with Crippen LogP contribution < -0.4 is 5.73 Å².